The van der Waals surface area contributed by atoms with Crippen molar-refractivity contribution in [1.29, 1.82) is 0 Å². The molecule has 0 aliphatic rings. The predicted octanol–water partition coefficient (Wildman–Crippen LogP) is 0.365. The van der Waals surface area contributed by atoms with E-state index in [0.717, 1.165) is 6.54 Å². The SMILES string of the molecule is CCN(CC(N)=S)CC(C)(C)O. The van der Waals surface area contributed by atoms with Gasteiger partial charge < -0.3 is 10.8 Å². The van der Waals surface area contributed by atoms with E-state index in [1.807, 2.05) is 11.8 Å². The molecule has 0 atom stereocenters. The van der Waals surface area contributed by atoms with Gasteiger partial charge in [-0.25, -0.2) is 0 Å². The zero-order chi connectivity index (χ0) is 9.78. The average Bonchev–Trinajstić information content (AvgIpc) is 1.82. The van der Waals surface area contributed by atoms with E-state index in [1.165, 1.54) is 0 Å². The van der Waals surface area contributed by atoms with Crippen LogP contribution in [0.25, 0.3) is 0 Å². The molecule has 0 aromatic heterocycles. The first kappa shape index (κ1) is 11.8. The first-order valence-corrected chi connectivity index (χ1v) is 4.49. The van der Waals surface area contributed by atoms with Gasteiger partial charge in [0.1, 0.15) is 0 Å². The van der Waals surface area contributed by atoms with Crippen molar-refractivity contribution < 1.29 is 5.11 Å². The number of thiocarbonyl (C=S) groups is 1. The van der Waals surface area contributed by atoms with Crippen molar-refractivity contribution in [3.63, 3.8) is 0 Å². The second-order valence-electron chi connectivity index (χ2n) is 3.58. The maximum absolute atomic E-state index is 9.51. The Balaban J connectivity index is 3.92. The van der Waals surface area contributed by atoms with E-state index in [2.05, 4.69) is 0 Å². The summed E-state index contributed by atoms with van der Waals surface area (Å²) >= 11 is 4.78. The van der Waals surface area contributed by atoms with Gasteiger partial charge in [-0.15, -0.1) is 0 Å². The summed E-state index contributed by atoms with van der Waals surface area (Å²) in [5.41, 5.74) is 4.72. The van der Waals surface area contributed by atoms with Gasteiger partial charge in [0.15, 0.2) is 0 Å². The third-order valence-corrected chi connectivity index (χ3v) is 1.57. The Hall–Kier alpha value is -0.190. The molecule has 0 aliphatic heterocycles. The molecule has 0 spiro atoms. The third-order valence-electron chi connectivity index (χ3n) is 1.44. The summed E-state index contributed by atoms with van der Waals surface area (Å²) < 4.78 is 0. The van der Waals surface area contributed by atoms with Gasteiger partial charge in [0.2, 0.25) is 0 Å². The predicted molar refractivity (Wildman–Crippen MR) is 55.2 cm³/mol. The van der Waals surface area contributed by atoms with Crippen LogP contribution >= 0.6 is 12.2 Å². The van der Waals surface area contributed by atoms with Crippen molar-refractivity contribution in [3.05, 3.63) is 0 Å². The average molecular weight is 190 g/mol. The molecular formula is C8H18N2OS. The Morgan fingerprint density at radius 1 is 1.58 bits per heavy atom. The number of rotatable bonds is 5. The van der Waals surface area contributed by atoms with Gasteiger partial charge in [0, 0.05) is 13.1 Å². The molecule has 12 heavy (non-hydrogen) atoms. The molecule has 3 N–H and O–H groups in total. The highest BCUT2D eigenvalue weighted by Gasteiger charge is 2.17. The standard InChI is InChI=1S/C8H18N2OS/c1-4-10(5-7(9)12)6-8(2,3)11/h11H,4-6H2,1-3H3,(H2,9,12). The molecule has 0 saturated heterocycles. The number of aliphatic hydroxyl groups is 1. The lowest BCUT2D eigenvalue weighted by Gasteiger charge is -2.27. The third kappa shape index (κ3) is 6.52. The summed E-state index contributed by atoms with van der Waals surface area (Å²) in [6.45, 7) is 7.59. The van der Waals surface area contributed by atoms with Crippen molar-refractivity contribution >= 4 is 17.2 Å². The van der Waals surface area contributed by atoms with Crippen LogP contribution in [0.4, 0.5) is 0 Å². The Morgan fingerprint density at radius 3 is 2.33 bits per heavy atom. The van der Waals surface area contributed by atoms with E-state index in [9.17, 15) is 5.11 Å². The Kier molecular flexibility index (Phi) is 4.67. The normalized spacial score (nSPS) is 12.1. The first-order chi connectivity index (χ1) is 5.35. The Labute approximate surface area is 79.5 Å². The molecule has 4 heteroatoms. The van der Waals surface area contributed by atoms with Crippen molar-refractivity contribution in [2.45, 2.75) is 26.4 Å². The summed E-state index contributed by atoms with van der Waals surface area (Å²) in [5, 5.41) is 9.51. The lowest BCUT2D eigenvalue weighted by atomic mass is 10.1. The minimum absolute atomic E-state index is 0.473. The van der Waals surface area contributed by atoms with Crippen LogP contribution < -0.4 is 5.73 Å². The lowest BCUT2D eigenvalue weighted by molar-refractivity contribution is 0.0429. The molecule has 0 radical (unpaired) electrons. The highest BCUT2D eigenvalue weighted by atomic mass is 32.1. The molecule has 0 fully saturated rings. The minimum Gasteiger partial charge on any atom is -0.392 e. The van der Waals surface area contributed by atoms with Crippen LogP contribution in [-0.4, -0.2) is 40.2 Å². The number of hydrogen-bond acceptors (Lipinski definition) is 3. The zero-order valence-corrected chi connectivity index (χ0v) is 8.82. The molecular weight excluding hydrogens is 172 g/mol. The van der Waals surface area contributed by atoms with Crippen molar-refractivity contribution in [2.75, 3.05) is 19.6 Å². The van der Waals surface area contributed by atoms with E-state index in [4.69, 9.17) is 18.0 Å². The van der Waals surface area contributed by atoms with Crippen molar-refractivity contribution in [3.8, 4) is 0 Å². The van der Waals surface area contributed by atoms with Gasteiger partial charge >= 0.3 is 0 Å². The molecule has 0 aromatic rings. The van der Waals surface area contributed by atoms with Gasteiger partial charge in [-0.1, -0.05) is 19.1 Å². The molecule has 0 saturated carbocycles. The fourth-order valence-corrected chi connectivity index (χ4v) is 1.23. The maximum atomic E-state index is 9.51. The highest BCUT2D eigenvalue weighted by Crippen LogP contribution is 2.03. The topological polar surface area (TPSA) is 49.5 Å². The number of nitrogens with zero attached hydrogens (tertiary/aromatic N) is 1. The van der Waals surface area contributed by atoms with Crippen LogP contribution in [-0.2, 0) is 0 Å². The highest BCUT2D eigenvalue weighted by molar-refractivity contribution is 7.80. The van der Waals surface area contributed by atoms with Crippen molar-refractivity contribution in [1.82, 2.24) is 4.90 Å². The summed E-state index contributed by atoms with van der Waals surface area (Å²) in [6.07, 6.45) is 0. The quantitative estimate of drug-likeness (QED) is 0.615. The Morgan fingerprint density at radius 2 is 2.08 bits per heavy atom. The van der Waals surface area contributed by atoms with Crippen LogP contribution in [0.15, 0.2) is 0 Å². The van der Waals surface area contributed by atoms with Crippen LogP contribution in [0.2, 0.25) is 0 Å². The Bertz CT molecular complexity index is 154. The zero-order valence-electron chi connectivity index (χ0n) is 8.00. The summed E-state index contributed by atoms with van der Waals surface area (Å²) in [7, 11) is 0. The fourth-order valence-electron chi connectivity index (χ4n) is 1.05. The number of hydrogen-bond donors (Lipinski definition) is 2. The van der Waals surface area contributed by atoms with E-state index < -0.39 is 5.60 Å². The van der Waals surface area contributed by atoms with Crippen LogP contribution in [0.1, 0.15) is 20.8 Å². The van der Waals surface area contributed by atoms with Crippen LogP contribution in [0, 0.1) is 0 Å². The van der Waals surface area contributed by atoms with Gasteiger partial charge in [0.05, 0.1) is 10.6 Å². The summed E-state index contributed by atoms with van der Waals surface area (Å²) in [6, 6.07) is 0. The minimum atomic E-state index is -0.680. The van der Waals surface area contributed by atoms with Gasteiger partial charge in [-0.2, -0.15) is 0 Å². The number of nitrogens with two attached hydrogens (primary N) is 1. The second-order valence-corrected chi connectivity index (χ2v) is 4.11. The summed E-state index contributed by atoms with van der Waals surface area (Å²) in [5.74, 6) is 0. The second kappa shape index (κ2) is 4.74. The smallest absolute Gasteiger partial charge is 0.0870 e. The molecule has 3 nitrogen and oxygen atoms in total. The molecule has 0 amide bonds. The molecule has 72 valence electrons. The first-order valence-electron chi connectivity index (χ1n) is 4.08. The number of likely N-dealkylation sites (N-methyl/N-ethyl adjacent to an activating group) is 1. The van der Waals surface area contributed by atoms with E-state index in [1.54, 1.807) is 13.8 Å². The molecule has 0 aliphatic carbocycles. The maximum Gasteiger partial charge on any atom is 0.0870 e. The monoisotopic (exact) mass is 190 g/mol. The van der Waals surface area contributed by atoms with Crippen molar-refractivity contribution in [2.24, 2.45) is 5.73 Å². The van der Waals surface area contributed by atoms with Gasteiger partial charge in [-0.05, 0) is 20.4 Å². The molecule has 0 unspecified atom stereocenters. The molecule has 0 bridgehead atoms. The summed E-state index contributed by atoms with van der Waals surface area (Å²) in [4.78, 5) is 2.49. The molecule has 0 aromatic carbocycles. The van der Waals surface area contributed by atoms with Crippen LogP contribution in [0.5, 0.6) is 0 Å². The lowest BCUT2D eigenvalue weighted by Crippen LogP contribution is -2.42. The molecule has 0 heterocycles. The van der Waals surface area contributed by atoms with E-state index in [-0.39, 0.29) is 0 Å². The molecule has 0 rings (SSSR count). The van der Waals surface area contributed by atoms with E-state index >= 15 is 0 Å². The van der Waals surface area contributed by atoms with Gasteiger partial charge in [-0.3, -0.25) is 4.90 Å². The van der Waals surface area contributed by atoms with E-state index in [0.29, 0.717) is 18.1 Å². The van der Waals surface area contributed by atoms with Crippen LogP contribution in [0.3, 0.4) is 0 Å². The largest absolute Gasteiger partial charge is 0.392 e. The fraction of sp³-hybridized carbons (Fsp3) is 0.875. The van der Waals surface area contributed by atoms with Gasteiger partial charge in [0.25, 0.3) is 0 Å².